The largest absolute Gasteiger partial charge is 0.337 e. The van der Waals surface area contributed by atoms with E-state index in [0.717, 1.165) is 38.0 Å². The summed E-state index contributed by atoms with van der Waals surface area (Å²) in [5.74, 6) is 0.510. The smallest absolute Gasteiger partial charge is 0.274 e. The first kappa shape index (κ1) is 16.7. The Hall–Kier alpha value is -2.11. The average molecular weight is 329 g/mol. The first-order chi connectivity index (χ1) is 11.3. The fourth-order valence-electron chi connectivity index (χ4n) is 3.26. The van der Waals surface area contributed by atoms with Crippen LogP contribution in [0.4, 0.5) is 0 Å². The fraction of sp³-hybridized carbons (Fsp3) is 0.611. The molecule has 1 aliphatic rings. The summed E-state index contributed by atoms with van der Waals surface area (Å²) in [6, 6.07) is 1.89. The molecule has 1 amide bonds. The molecule has 0 saturated carbocycles. The summed E-state index contributed by atoms with van der Waals surface area (Å²) in [6.45, 7) is 10.0. The van der Waals surface area contributed by atoms with Crippen LogP contribution in [0.2, 0.25) is 0 Å². The maximum Gasteiger partial charge on any atom is 0.274 e. The minimum atomic E-state index is -0.0336. The van der Waals surface area contributed by atoms with Crippen LogP contribution in [0, 0.1) is 12.8 Å². The number of nitrogens with zero attached hydrogens (tertiary/aromatic N) is 3. The number of likely N-dealkylation sites (tertiary alicyclic amines) is 1. The highest BCUT2D eigenvalue weighted by Crippen LogP contribution is 2.24. The van der Waals surface area contributed by atoms with Gasteiger partial charge in [0.05, 0.1) is 6.20 Å². The molecule has 0 spiro atoms. The van der Waals surface area contributed by atoms with Gasteiger partial charge in [0.25, 0.3) is 5.91 Å². The van der Waals surface area contributed by atoms with Gasteiger partial charge in [0.2, 0.25) is 0 Å². The van der Waals surface area contributed by atoms with Gasteiger partial charge < -0.3 is 4.90 Å². The molecule has 0 unspecified atom stereocenters. The Kier molecular flexibility index (Phi) is 4.47. The molecule has 130 valence electrons. The summed E-state index contributed by atoms with van der Waals surface area (Å²) in [5.41, 5.74) is 3.86. The number of piperidine rings is 1. The van der Waals surface area contributed by atoms with E-state index in [2.05, 4.69) is 48.1 Å². The minimum Gasteiger partial charge on any atom is -0.337 e. The molecule has 6 nitrogen and oxygen atoms in total. The number of carbonyl (C=O) groups is 1. The van der Waals surface area contributed by atoms with Gasteiger partial charge >= 0.3 is 0 Å². The monoisotopic (exact) mass is 329 g/mol. The van der Waals surface area contributed by atoms with Crippen molar-refractivity contribution in [2.45, 2.75) is 52.4 Å². The highest BCUT2D eigenvalue weighted by molar-refractivity contribution is 5.92. The molecule has 1 fully saturated rings. The Bertz CT molecular complexity index is 709. The van der Waals surface area contributed by atoms with Crippen LogP contribution in [0.3, 0.4) is 0 Å². The predicted octanol–water partition coefficient (Wildman–Crippen LogP) is 2.83. The second-order valence-electron chi connectivity index (χ2n) is 7.91. The number of hydrogen-bond donors (Lipinski definition) is 2. The molecular formula is C18H27N5O. The summed E-state index contributed by atoms with van der Waals surface area (Å²) in [4.78, 5) is 14.7. The first-order valence-electron chi connectivity index (χ1n) is 8.68. The Morgan fingerprint density at radius 1 is 1.38 bits per heavy atom. The molecule has 1 atom stereocenters. The third kappa shape index (κ3) is 3.52. The number of aromatic nitrogens is 4. The zero-order valence-corrected chi connectivity index (χ0v) is 15.0. The average Bonchev–Trinajstić information content (AvgIpc) is 3.16. The Morgan fingerprint density at radius 3 is 2.79 bits per heavy atom. The fourth-order valence-corrected chi connectivity index (χ4v) is 3.26. The maximum atomic E-state index is 12.8. The summed E-state index contributed by atoms with van der Waals surface area (Å²) < 4.78 is 0. The van der Waals surface area contributed by atoms with Crippen molar-refractivity contribution in [3.8, 4) is 0 Å². The van der Waals surface area contributed by atoms with E-state index >= 15 is 0 Å². The van der Waals surface area contributed by atoms with Gasteiger partial charge in [-0.2, -0.15) is 10.2 Å². The van der Waals surface area contributed by atoms with Crippen molar-refractivity contribution in [2.24, 2.45) is 5.92 Å². The summed E-state index contributed by atoms with van der Waals surface area (Å²) in [6.07, 6.45) is 5.00. The third-order valence-electron chi connectivity index (χ3n) is 4.84. The second-order valence-corrected chi connectivity index (χ2v) is 7.91. The first-order valence-corrected chi connectivity index (χ1v) is 8.68. The van der Waals surface area contributed by atoms with Gasteiger partial charge in [-0.3, -0.25) is 15.0 Å². The molecule has 0 aromatic carbocycles. The molecule has 2 aromatic rings. The van der Waals surface area contributed by atoms with Gasteiger partial charge in [-0.1, -0.05) is 20.8 Å². The predicted molar refractivity (Wildman–Crippen MR) is 92.9 cm³/mol. The van der Waals surface area contributed by atoms with E-state index in [9.17, 15) is 4.79 Å². The Labute approximate surface area is 143 Å². The van der Waals surface area contributed by atoms with Crippen LogP contribution in [0.1, 0.15) is 61.1 Å². The van der Waals surface area contributed by atoms with Crippen molar-refractivity contribution in [1.29, 1.82) is 0 Å². The standard InChI is InChI=1S/C18H27N5O/c1-12-10-19-20-14(12)8-13-6-5-7-23(11-13)17(24)15-9-16(22-21-15)18(2,3)4/h9-10,13H,5-8,11H2,1-4H3,(H,19,20)(H,21,22)/t13-/m1/s1. The number of aromatic amines is 2. The molecular weight excluding hydrogens is 302 g/mol. The molecule has 0 radical (unpaired) electrons. The SMILES string of the molecule is Cc1cn[nH]c1C[C@H]1CCCN(C(=O)c2cc(C(C)(C)C)[nH]n2)C1. The molecule has 24 heavy (non-hydrogen) atoms. The molecule has 3 heterocycles. The zero-order chi connectivity index (χ0) is 17.3. The Morgan fingerprint density at radius 2 is 2.17 bits per heavy atom. The Balaban J connectivity index is 1.67. The van der Waals surface area contributed by atoms with Gasteiger partial charge in [-0.05, 0) is 43.7 Å². The van der Waals surface area contributed by atoms with Crippen molar-refractivity contribution < 1.29 is 4.79 Å². The lowest BCUT2D eigenvalue weighted by Crippen LogP contribution is -2.40. The number of aryl methyl sites for hydroxylation is 1. The van der Waals surface area contributed by atoms with Crippen molar-refractivity contribution in [1.82, 2.24) is 25.3 Å². The molecule has 6 heteroatoms. The van der Waals surface area contributed by atoms with Crippen molar-refractivity contribution in [2.75, 3.05) is 13.1 Å². The second kappa shape index (κ2) is 6.42. The quantitative estimate of drug-likeness (QED) is 0.909. The lowest BCUT2D eigenvalue weighted by molar-refractivity contribution is 0.0666. The van der Waals surface area contributed by atoms with Crippen LogP contribution in [0.5, 0.6) is 0 Å². The number of rotatable bonds is 3. The van der Waals surface area contributed by atoms with Gasteiger partial charge in [0.15, 0.2) is 0 Å². The molecule has 0 bridgehead atoms. The lowest BCUT2D eigenvalue weighted by Gasteiger charge is -2.32. The summed E-state index contributed by atoms with van der Waals surface area (Å²) >= 11 is 0. The van der Waals surface area contributed by atoms with Crippen molar-refractivity contribution in [3.63, 3.8) is 0 Å². The lowest BCUT2D eigenvalue weighted by atomic mass is 9.91. The van der Waals surface area contributed by atoms with Gasteiger partial charge in [-0.25, -0.2) is 0 Å². The van der Waals surface area contributed by atoms with Crippen LogP contribution in [0.15, 0.2) is 12.3 Å². The molecule has 2 aromatic heterocycles. The number of nitrogens with one attached hydrogen (secondary N) is 2. The normalized spacial score (nSPS) is 18.8. The van der Waals surface area contributed by atoms with E-state index in [1.807, 2.05) is 17.2 Å². The maximum absolute atomic E-state index is 12.8. The number of amides is 1. The van der Waals surface area contributed by atoms with Crippen LogP contribution >= 0.6 is 0 Å². The minimum absolute atomic E-state index is 0.0336. The molecule has 3 rings (SSSR count). The van der Waals surface area contributed by atoms with Crippen molar-refractivity contribution in [3.05, 3.63) is 34.9 Å². The summed E-state index contributed by atoms with van der Waals surface area (Å²) in [5, 5.41) is 14.4. The number of H-pyrrole nitrogens is 2. The topological polar surface area (TPSA) is 77.7 Å². The van der Waals surface area contributed by atoms with Gasteiger partial charge in [0.1, 0.15) is 5.69 Å². The third-order valence-corrected chi connectivity index (χ3v) is 4.84. The van der Waals surface area contributed by atoms with E-state index in [-0.39, 0.29) is 11.3 Å². The zero-order valence-electron chi connectivity index (χ0n) is 15.0. The summed E-state index contributed by atoms with van der Waals surface area (Å²) in [7, 11) is 0. The highest BCUT2D eigenvalue weighted by atomic mass is 16.2. The van der Waals surface area contributed by atoms with Crippen molar-refractivity contribution >= 4 is 5.91 Å². The van der Waals surface area contributed by atoms with Crippen LogP contribution in [-0.2, 0) is 11.8 Å². The number of hydrogen-bond acceptors (Lipinski definition) is 3. The molecule has 2 N–H and O–H groups in total. The van der Waals surface area contributed by atoms with E-state index in [1.54, 1.807) is 0 Å². The van der Waals surface area contributed by atoms with E-state index in [4.69, 9.17) is 0 Å². The van der Waals surface area contributed by atoms with Crippen LogP contribution < -0.4 is 0 Å². The van der Waals surface area contributed by atoms with E-state index in [1.165, 1.54) is 11.3 Å². The highest BCUT2D eigenvalue weighted by Gasteiger charge is 2.27. The number of carbonyl (C=O) groups excluding carboxylic acids is 1. The van der Waals surface area contributed by atoms with E-state index < -0.39 is 0 Å². The van der Waals surface area contributed by atoms with Crippen LogP contribution in [0.25, 0.3) is 0 Å². The van der Waals surface area contributed by atoms with Gasteiger partial charge in [0, 0.05) is 29.9 Å². The molecule has 0 aliphatic carbocycles. The van der Waals surface area contributed by atoms with E-state index in [0.29, 0.717) is 11.6 Å². The van der Waals surface area contributed by atoms with Gasteiger partial charge in [-0.15, -0.1) is 0 Å². The van der Waals surface area contributed by atoms with Crippen LogP contribution in [-0.4, -0.2) is 44.3 Å². The molecule has 1 saturated heterocycles. The molecule has 1 aliphatic heterocycles.